The van der Waals surface area contributed by atoms with Crippen molar-refractivity contribution in [2.45, 2.75) is 32.9 Å². The predicted octanol–water partition coefficient (Wildman–Crippen LogP) is 3.92. The first-order valence-corrected chi connectivity index (χ1v) is 9.51. The van der Waals surface area contributed by atoms with Gasteiger partial charge in [0, 0.05) is 25.3 Å². The number of hydrogen-bond acceptors (Lipinski definition) is 3. The van der Waals surface area contributed by atoms with Gasteiger partial charge in [-0.05, 0) is 38.0 Å². The number of hydrogen-bond donors (Lipinski definition) is 2. The minimum atomic E-state index is -0.415. The van der Waals surface area contributed by atoms with Gasteiger partial charge in [-0.3, -0.25) is 0 Å². The van der Waals surface area contributed by atoms with Gasteiger partial charge in [0.25, 0.3) is 0 Å². The second kappa shape index (κ2) is 11.7. The Balaban J connectivity index is 1.77. The van der Waals surface area contributed by atoms with E-state index in [-0.39, 0.29) is 12.6 Å². The van der Waals surface area contributed by atoms with Crippen molar-refractivity contribution in [3.05, 3.63) is 71.0 Å². The standard InChI is InChI=1S/C22H27FN4O/c1-3-25-22(27-16-20-11-10-18(15-24)14-21(20)23)26-12-7-13-28-17(2)19-8-5-4-6-9-19/h4-6,8-11,14,17H,3,7,12-13,16H2,1-2H3,(H2,25,26,27). The number of aliphatic imine (C=N–C) groups is 1. The Morgan fingerprint density at radius 2 is 2.00 bits per heavy atom. The lowest BCUT2D eigenvalue weighted by Gasteiger charge is -2.14. The number of halogens is 1. The first-order valence-electron chi connectivity index (χ1n) is 9.51. The number of nitriles is 1. The third-order valence-corrected chi connectivity index (χ3v) is 4.18. The van der Waals surface area contributed by atoms with Crippen LogP contribution in [0.5, 0.6) is 0 Å². The van der Waals surface area contributed by atoms with Crippen LogP contribution in [0.25, 0.3) is 0 Å². The smallest absolute Gasteiger partial charge is 0.191 e. The van der Waals surface area contributed by atoms with Crippen molar-refractivity contribution >= 4 is 5.96 Å². The first kappa shape index (κ1) is 21.4. The molecule has 0 saturated carbocycles. The Morgan fingerprint density at radius 3 is 2.68 bits per heavy atom. The monoisotopic (exact) mass is 382 g/mol. The Labute approximate surface area is 166 Å². The highest BCUT2D eigenvalue weighted by atomic mass is 19.1. The zero-order chi connectivity index (χ0) is 20.2. The molecule has 2 aromatic rings. The summed E-state index contributed by atoms with van der Waals surface area (Å²) in [7, 11) is 0. The number of rotatable bonds is 9. The molecule has 0 fully saturated rings. The van der Waals surface area contributed by atoms with E-state index in [2.05, 4.69) is 27.8 Å². The second-order valence-electron chi connectivity index (χ2n) is 6.32. The molecule has 2 N–H and O–H groups in total. The molecule has 0 saturated heterocycles. The van der Waals surface area contributed by atoms with Crippen molar-refractivity contribution in [1.29, 1.82) is 5.26 Å². The fourth-order valence-corrected chi connectivity index (χ4v) is 2.61. The van der Waals surface area contributed by atoms with Gasteiger partial charge in [0.15, 0.2) is 5.96 Å². The van der Waals surface area contributed by atoms with E-state index in [0.29, 0.717) is 36.8 Å². The molecular formula is C22H27FN4O. The van der Waals surface area contributed by atoms with Crippen LogP contribution in [0, 0.1) is 17.1 Å². The van der Waals surface area contributed by atoms with Crippen molar-refractivity contribution < 1.29 is 9.13 Å². The molecule has 0 heterocycles. The van der Waals surface area contributed by atoms with Crippen LogP contribution in [0.4, 0.5) is 4.39 Å². The van der Waals surface area contributed by atoms with E-state index in [9.17, 15) is 4.39 Å². The van der Waals surface area contributed by atoms with Crippen LogP contribution < -0.4 is 10.6 Å². The van der Waals surface area contributed by atoms with Gasteiger partial charge >= 0.3 is 0 Å². The maximum Gasteiger partial charge on any atom is 0.191 e. The number of benzene rings is 2. The van der Waals surface area contributed by atoms with E-state index in [0.717, 1.165) is 12.0 Å². The summed E-state index contributed by atoms with van der Waals surface area (Å²) in [6, 6.07) is 16.5. The number of nitrogens with one attached hydrogen (secondary N) is 2. The van der Waals surface area contributed by atoms with E-state index in [1.807, 2.05) is 38.1 Å². The zero-order valence-electron chi connectivity index (χ0n) is 16.4. The molecule has 5 nitrogen and oxygen atoms in total. The number of ether oxygens (including phenoxy) is 1. The highest BCUT2D eigenvalue weighted by Gasteiger charge is 2.06. The molecule has 0 aliphatic heterocycles. The minimum Gasteiger partial charge on any atom is -0.374 e. The molecular weight excluding hydrogens is 355 g/mol. The van der Waals surface area contributed by atoms with Crippen molar-refractivity contribution in [2.24, 2.45) is 4.99 Å². The van der Waals surface area contributed by atoms with E-state index in [1.54, 1.807) is 12.1 Å². The summed E-state index contributed by atoms with van der Waals surface area (Å²) in [6.07, 6.45) is 0.884. The normalized spacial score (nSPS) is 12.3. The van der Waals surface area contributed by atoms with Gasteiger partial charge in [0.2, 0.25) is 0 Å². The van der Waals surface area contributed by atoms with Gasteiger partial charge < -0.3 is 15.4 Å². The Kier molecular flexibility index (Phi) is 8.96. The highest BCUT2D eigenvalue weighted by Crippen LogP contribution is 2.15. The average Bonchev–Trinajstić information content (AvgIpc) is 2.72. The van der Waals surface area contributed by atoms with Crippen LogP contribution in [0.3, 0.4) is 0 Å². The predicted molar refractivity (Wildman–Crippen MR) is 109 cm³/mol. The van der Waals surface area contributed by atoms with Gasteiger partial charge in [0.05, 0.1) is 24.3 Å². The van der Waals surface area contributed by atoms with E-state index < -0.39 is 5.82 Å². The summed E-state index contributed by atoms with van der Waals surface area (Å²) in [5, 5.41) is 15.2. The largest absolute Gasteiger partial charge is 0.374 e. The third kappa shape index (κ3) is 7.01. The number of guanidine groups is 1. The summed E-state index contributed by atoms with van der Waals surface area (Å²) < 4.78 is 19.8. The SMILES string of the molecule is CCNC(=NCc1ccc(C#N)cc1F)NCCCOC(C)c1ccccc1. The van der Waals surface area contributed by atoms with Crippen LogP contribution >= 0.6 is 0 Å². The lowest BCUT2D eigenvalue weighted by atomic mass is 10.1. The lowest BCUT2D eigenvalue weighted by Crippen LogP contribution is -2.38. The first-order chi connectivity index (χ1) is 13.6. The Bertz CT molecular complexity index is 802. The summed E-state index contributed by atoms with van der Waals surface area (Å²) in [6.45, 7) is 6.26. The van der Waals surface area contributed by atoms with Gasteiger partial charge in [-0.25, -0.2) is 9.38 Å². The molecule has 1 atom stereocenters. The van der Waals surface area contributed by atoms with Crippen molar-refractivity contribution in [2.75, 3.05) is 19.7 Å². The maximum atomic E-state index is 14.0. The number of nitrogens with zero attached hydrogens (tertiary/aromatic N) is 2. The van der Waals surface area contributed by atoms with Crippen LogP contribution in [-0.2, 0) is 11.3 Å². The molecule has 2 rings (SSSR count). The molecule has 1 unspecified atom stereocenters. The Hall–Kier alpha value is -2.91. The van der Waals surface area contributed by atoms with Gasteiger partial charge in [-0.15, -0.1) is 0 Å². The summed E-state index contributed by atoms with van der Waals surface area (Å²) in [5.74, 6) is 0.212. The third-order valence-electron chi connectivity index (χ3n) is 4.18. The van der Waals surface area contributed by atoms with Gasteiger partial charge in [-0.1, -0.05) is 36.4 Å². The molecule has 2 aromatic carbocycles. The topological polar surface area (TPSA) is 69.4 Å². The van der Waals surface area contributed by atoms with E-state index in [1.165, 1.54) is 6.07 Å². The van der Waals surface area contributed by atoms with Crippen molar-refractivity contribution in [1.82, 2.24) is 10.6 Å². The van der Waals surface area contributed by atoms with E-state index in [4.69, 9.17) is 10.00 Å². The van der Waals surface area contributed by atoms with Crippen LogP contribution in [-0.4, -0.2) is 25.7 Å². The average molecular weight is 382 g/mol. The Morgan fingerprint density at radius 1 is 1.21 bits per heavy atom. The van der Waals surface area contributed by atoms with Crippen molar-refractivity contribution in [3.63, 3.8) is 0 Å². The lowest BCUT2D eigenvalue weighted by molar-refractivity contribution is 0.0646. The van der Waals surface area contributed by atoms with Gasteiger partial charge in [0.1, 0.15) is 5.82 Å². The summed E-state index contributed by atoms with van der Waals surface area (Å²) >= 11 is 0. The van der Waals surface area contributed by atoms with Crippen LogP contribution in [0.1, 0.15) is 43.1 Å². The van der Waals surface area contributed by atoms with E-state index >= 15 is 0 Å². The molecule has 0 bridgehead atoms. The quantitative estimate of drug-likeness (QED) is 0.392. The molecule has 0 spiro atoms. The van der Waals surface area contributed by atoms with Gasteiger partial charge in [-0.2, -0.15) is 5.26 Å². The molecule has 0 aliphatic rings. The van der Waals surface area contributed by atoms with Crippen LogP contribution in [0.2, 0.25) is 0 Å². The minimum absolute atomic E-state index is 0.0578. The van der Waals surface area contributed by atoms with Crippen LogP contribution in [0.15, 0.2) is 53.5 Å². The maximum absolute atomic E-state index is 14.0. The van der Waals surface area contributed by atoms with Crippen molar-refractivity contribution in [3.8, 4) is 6.07 Å². The second-order valence-corrected chi connectivity index (χ2v) is 6.32. The molecule has 0 aromatic heterocycles. The fourth-order valence-electron chi connectivity index (χ4n) is 2.61. The highest BCUT2D eigenvalue weighted by molar-refractivity contribution is 5.79. The zero-order valence-corrected chi connectivity index (χ0v) is 16.4. The molecule has 0 aliphatic carbocycles. The summed E-state index contributed by atoms with van der Waals surface area (Å²) in [5.41, 5.74) is 1.92. The summed E-state index contributed by atoms with van der Waals surface area (Å²) in [4.78, 5) is 4.41. The molecule has 0 amide bonds. The molecule has 28 heavy (non-hydrogen) atoms. The molecule has 148 valence electrons. The fraction of sp³-hybridized carbons (Fsp3) is 0.364. The molecule has 6 heteroatoms. The molecule has 0 radical (unpaired) electrons.